The summed E-state index contributed by atoms with van der Waals surface area (Å²) in [6.07, 6.45) is 6.72. The lowest BCUT2D eigenvalue weighted by Crippen LogP contribution is -2.05. The summed E-state index contributed by atoms with van der Waals surface area (Å²) in [7, 11) is 0. The van der Waals surface area contributed by atoms with Crippen LogP contribution < -0.4 is 0 Å². The molecule has 0 bridgehead atoms. The lowest BCUT2D eigenvalue weighted by molar-refractivity contribution is 0.579. The summed E-state index contributed by atoms with van der Waals surface area (Å²) >= 11 is 1.76. The molecule has 0 N–H and O–H groups in total. The predicted molar refractivity (Wildman–Crippen MR) is 76.7 cm³/mol. The summed E-state index contributed by atoms with van der Waals surface area (Å²) in [5, 5.41) is 9.14. The highest BCUT2D eigenvalue weighted by molar-refractivity contribution is 7.17. The summed E-state index contributed by atoms with van der Waals surface area (Å²) in [4.78, 5) is 7.14. The SMILES string of the molecule is N#CCc1c(-c2ccco2)nc2sc3c(n12)CCCC3. The Kier molecular flexibility index (Phi) is 2.64. The minimum Gasteiger partial charge on any atom is -0.463 e. The summed E-state index contributed by atoms with van der Waals surface area (Å²) in [5.74, 6) is 0.746. The Morgan fingerprint density at radius 1 is 1.40 bits per heavy atom. The van der Waals surface area contributed by atoms with Crippen molar-refractivity contribution in [1.82, 2.24) is 9.38 Å². The molecule has 5 heteroatoms. The molecule has 4 rings (SSSR count). The second-order valence-electron chi connectivity index (χ2n) is 5.02. The van der Waals surface area contributed by atoms with E-state index in [9.17, 15) is 0 Å². The van der Waals surface area contributed by atoms with Gasteiger partial charge in [-0.25, -0.2) is 4.98 Å². The van der Waals surface area contributed by atoms with Gasteiger partial charge in [0.15, 0.2) is 10.7 Å². The number of fused-ring (bicyclic) bond motifs is 3. The number of hydrogen-bond donors (Lipinski definition) is 0. The van der Waals surface area contributed by atoms with Crippen molar-refractivity contribution in [2.45, 2.75) is 32.1 Å². The van der Waals surface area contributed by atoms with E-state index in [1.54, 1.807) is 17.6 Å². The van der Waals surface area contributed by atoms with Crippen molar-refractivity contribution >= 4 is 16.3 Å². The molecule has 0 saturated heterocycles. The van der Waals surface area contributed by atoms with Crippen LogP contribution in [0.3, 0.4) is 0 Å². The van der Waals surface area contributed by atoms with Crippen LogP contribution in [-0.2, 0) is 19.3 Å². The van der Waals surface area contributed by atoms with Crippen molar-refractivity contribution in [3.05, 3.63) is 34.7 Å². The van der Waals surface area contributed by atoms with Gasteiger partial charge in [0, 0.05) is 10.6 Å². The molecule has 0 amide bonds. The maximum absolute atomic E-state index is 9.14. The third kappa shape index (κ3) is 1.61. The normalized spacial score (nSPS) is 14.3. The van der Waals surface area contributed by atoms with Gasteiger partial charge < -0.3 is 4.42 Å². The molecule has 0 atom stereocenters. The first kappa shape index (κ1) is 11.7. The van der Waals surface area contributed by atoms with Crippen LogP contribution in [0.25, 0.3) is 16.4 Å². The van der Waals surface area contributed by atoms with Gasteiger partial charge in [-0.05, 0) is 37.8 Å². The van der Waals surface area contributed by atoms with Crippen molar-refractivity contribution in [1.29, 1.82) is 5.26 Å². The fourth-order valence-electron chi connectivity index (χ4n) is 2.94. The van der Waals surface area contributed by atoms with Gasteiger partial charge in [0.1, 0.15) is 5.69 Å². The standard InChI is InChI=1S/C15H13N3OS/c16-8-7-11-14(12-5-3-9-19-12)17-15-18(11)10-4-1-2-6-13(10)20-15/h3,5,9H,1-2,4,6-7H2. The van der Waals surface area contributed by atoms with E-state index in [4.69, 9.17) is 14.7 Å². The van der Waals surface area contributed by atoms with Gasteiger partial charge in [0.2, 0.25) is 0 Å². The summed E-state index contributed by atoms with van der Waals surface area (Å²) in [6.45, 7) is 0. The Morgan fingerprint density at radius 3 is 3.10 bits per heavy atom. The zero-order chi connectivity index (χ0) is 13.5. The number of hydrogen-bond acceptors (Lipinski definition) is 4. The smallest absolute Gasteiger partial charge is 0.195 e. The Balaban J connectivity index is 2.00. The molecular weight excluding hydrogens is 270 g/mol. The van der Waals surface area contributed by atoms with Crippen LogP contribution in [0.1, 0.15) is 29.1 Å². The van der Waals surface area contributed by atoms with E-state index in [2.05, 4.69) is 10.5 Å². The molecule has 0 saturated carbocycles. The van der Waals surface area contributed by atoms with Gasteiger partial charge >= 0.3 is 0 Å². The minimum atomic E-state index is 0.361. The lowest BCUT2D eigenvalue weighted by atomic mass is 10.0. The fraction of sp³-hybridized carbons (Fsp3) is 0.333. The molecule has 3 heterocycles. The third-order valence-corrected chi connectivity index (χ3v) is 4.96. The average Bonchev–Trinajstić information content (AvgIpc) is 3.14. The molecule has 4 nitrogen and oxygen atoms in total. The Hall–Kier alpha value is -2.06. The van der Waals surface area contributed by atoms with Gasteiger partial charge in [-0.15, -0.1) is 11.3 Å². The molecule has 3 aromatic heterocycles. The number of furan rings is 1. The van der Waals surface area contributed by atoms with E-state index in [0.29, 0.717) is 6.42 Å². The van der Waals surface area contributed by atoms with Gasteiger partial charge in [-0.3, -0.25) is 4.40 Å². The second-order valence-corrected chi connectivity index (χ2v) is 6.08. The van der Waals surface area contributed by atoms with E-state index in [1.807, 2.05) is 12.1 Å². The first-order valence-corrected chi connectivity index (χ1v) is 7.63. The molecule has 0 radical (unpaired) electrons. The second kappa shape index (κ2) is 4.50. The topological polar surface area (TPSA) is 54.2 Å². The van der Waals surface area contributed by atoms with Gasteiger partial charge in [0.05, 0.1) is 24.4 Å². The van der Waals surface area contributed by atoms with Crippen molar-refractivity contribution in [2.75, 3.05) is 0 Å². The quantitative estimate of drug-likeness (QED) is 0.722. The van der Waals surface area contributed by atoms with Crippen LogP contribution >= 0.6 is 11.3 Å². The zero-order valence-electron chi connectivity index (χ0n) is 10.9. The molecule has 100 valence electrons. The van der Waals surface area contributed by atoms with E-state index < -0.39 is 0 Å². The molecule has 0 unspecified atom stereocenters. The Labute approximate surface area is 120 Å². The monoisotopic (exact) mass is 283 g/mol. The molecule has 3 aromatic rings. The molecular formula is C15H13N3OS. The van der Waals surface area contributed by atoms with Crippen LogP contribution in [0, 0.1) is 11.3 Å². The number of nitrogens with zero attached hydrogens (tertiary/aromatic N) is 3. The van der Waals surface area contributed by atoms with Crippen molar-refractivity contribution < 1.29 is 4.42 Å². The molecule has 20 heavy (non-hydrogen) atoms. The Morgan fingerprint density at radius 2 is 2.30 bits per heavy atom. The van der Waals surface area contributed by atoms with E-state index in [-0.39, 0.29) is 0 Å². The average molecular weight is 283 g/mol. The maximum atomic E-state index is 9.14. The van der Waals surface area contributed by atoms with Crippen LogP contribution in [0.2, 0.25) is 0 Å². The van der Waals surface area contributed by atoms with Crippen LogP contribution in [-0.4, -0.2) is 9.38 Å². The summed E-state index contributed by atoms with van der Waals surface area (Å²) in [5.41, 5.74) is 3.14. The molecule has 1 aliphatic rings. The van der Waals surface area contributed by atoms with Crippen molar-refractivity contribution in [3.63, 3.8) is 0 Å². The lowest BCUT2D eigenvalue weighted by Gasteiger charge is -2.11. The summed E-state index contributed by atoms with van der Waals surface area (Å²) < 4.78 is 7.66. The highest BCUT2D eigenvalue weighted by Crippen LogP contribution is 2.35. The van der Waals surface area contributed by atoms with Crippen molar-refractivity contribution in [2.24, 2.45) is 0 Å². The van der Waals surface area contributed by atoms with Crippen LogP contribution in [0.4, 0.5) is 0 Å². The maximum Gasteiger partial charge on any atom is 0.195 e. The van der Waals surface area contributed by atoms with Crippen molar-refractivity contribution in [3.8, 4) is 17.5 Å². The van der Waals surface area contributed by atoms with Crippen LogP contribution in [0.15, 0.2) is 22.8 Å². The molecule has 0 aromatic carbocycles. The first-order chi connectivity index (χ1) is 9.88. The first-order valence-electron chi connectivity index (χ1n) is 6.81. The predicted octanol–water partition coefficient (Wildman–Crippen LogP) is 3.60. The number of aromatic nitrogens is 2. The van der Waals surface area contributed by atoms with Gasteiger partial charge in [-0.2, -0.15) is 5.26 Å². The molecule has 0 fully saturated rings. The van der Waals surface area contributed by atoms with E-state index >= 15 is 0 Å². The Bertz CT molecular complexity index is 805. The number of nitriles is 1. The zero-order valence-corrected chi connectivity index (χ0v) is 11.7. The minimum absolute atomic E-state index is 0.361. The van der Waals surface area contributed by atoms with E-state index in [1.165, 1.54) is 23.4 Å². The molecule has 1 aliphatic carbocycles. The highest BCUT2D eigenvalue weighted by Gasteiger charge is 2.23. The molecule has 0 spiro atoms. The molecule has 0 aliphatic heterocycles. The largest absolute Gasteiger partial charge is 0.463 e. The fourth-order valence-corrected chi connectivity index (χ4v) is 4.17. The number of rotatable bonds is 2. The van der Waals surface area contributed by atoms with Gasteiger partial charge in [0.25, 0.3) is 0 Å². The van der Waals surface area contributed by atoms with Crippen LogP contribution in [0.5, 0.6) is 0 Å². The number of imidazole rings is 1. The number of thiazole rings is 1. The third-order valence-electron chi connectivity index (χ3n) is 3.82. The van der Waals surface area contributed by atoms with E-state index in [0.717, 1.165) is 35.0 Å². The highest BCUT2D eigenvalue weighted by atomic mass is 32.1. The summed E-state index contributed by atoms with van der Waals surface area (Å²) in [6, 6.07) is 6.02. The van der Waals surface area contributed by atoms with Gasteiger partial charge in [-0.1, -0.05) is 0 Å². The number of aryl methyl sites for hydroxylation is 2.